The second-order valence-corrected chi connectivity index (χ2v) is 12.4. The van der Waals surface area contributed by atoms with E-state index in [0.717, 1.165) is 9.80 Å². The molecule has 218 valence electrons. The molecule has 4 aliphatic rings. The topological polar surface area (TPSA) is 147 Å². The van der Waals surface area contributed by atoms with E-state index in [-0.39, 0.29) is 41.0 Å². The number of aromatic hydroxyl groups is 1. The van der Waals surface area contributed by atoms with E-state index in [1.165, 1.54) is 43.5 Å². The first-order valence-electron chi connectivity index (χ1n) is 12.9. The molecule has 2 heterocycles. The molecule has 6 atom stereocenters. The zero-order valence-corrected chi connectivity index (χ0v) is 24.9. The van der Waals surface area contributed by atoms with Crippen LogP contribution in [0, 0.1) is 27.9 Å². The fourth-order valence-corrected chi connectivity index (χ4v) is 8.39. The number of methoxy groups -OCH3 is 1. The van der Waals surface area contributed by atoms with Gasteiger partial charge >= 0.3 is 0 Å². The summed E-state index contributed by atoms with van der Waals surface area (Å²) in [5.74, 6) is -6.10. The van der Waals surface area contributed by atoms with Crippen molar-refractivity contribution in [2.75, 3.05) is 17.5 Å². The zero-order chi connectivity index (χ0) is 30.3. The number of hydrogen-bond donors (Lipinski definition) is 1. The molecule has 2 aliphatic heterocycles. The Kier molecular flexibility index (Phi) is 6.67. The second kappa shape index (κ2) is 9.78. The van der Waals surface area contributed by atoms with Crippen molar-refractivity contribution in [3.8, 4) is 11.5 Å². The number of fused-ring (bicyclic) bond motifs is 4. The van der Waals surface area contributed by atoms with Gasteiger partial charge in [0.05, 0.1) is 35.0 Å². The summed E-state index contributed by atoms with van der Waals surface area (Å²) in [6.07, 6.45) is 1.67. The lowest BCUT2D eigenvalue weighted by Crippen LogP contribution is -2.60. The summed E-state index contributed by atoms with van der Waals surface area (Å²) < 4.78 is 5.21. The van der Waals surface area contributed by atoms with Gasteiger partial charge in [0.1, 0.15) is 11.5 Å². The number of benzene rings is 2. The summed E-state index contributed by atoms with van der Waals surface area (Å²) >= 11 is 17.5. The molecule has 0 radical (unpaired) electrons. The van der Waals surface area contributed by atoms with Crippen molar-refractivity contribution >= 4 is 74.1 Å². The lowest BCUT2D eigenvalue weighted by atomic mass is 9.56. The van der Waals surface area contributed by atoms with Gasteiger partial charge in [0.2, 0.25) is 11.8 Å². The number of allylic oxidation sites excluding steroid dienone is 2. The third kappa shape index (κ3) is 3.64. The van der Waals surface area contributed by atoms with Gasteiger partial charge in [0, 0.05) is 29.7 Å². The Morgan fingerprint density at radius 1 is 1.07 bits per heavy atom. The molecule has 0 bridgehead atoms. The van der Waals surface area contributed by atoms with Crippen LogP contribution in [0.2, 0.25) is 0 Å². The summed E-state index contributed by atoms with van der Waals surface area (Å²) in [7, 11) is 1.42. The van der Waals surface area contributed by atoms with Gasteiger partial charge in [-0.3, -0.25) is 39.1 Å². The van der Waals surface area contributed by atoms with Crippen LogP contribution in [0.5, 0.6) is 11.5 Å². The van der Waals surface area contributed by atoms with Gasteiger partial charge in [-0.25, -0.2) is 0 Å². The quantitative estimate of drug-likeness (QED) is 0.123. The monoisotopic (exact) mass is 677 g/mol. The van der Waals surface area contributed by atoms with E-state index in [1.54, 1.807) is 12.1 Å². The summed E-state index contributed by atoms with van der Waals surface area (Å²) in [5.41, 5.74) is 0.545. The molecule has 2 aromatic rings. The molecule has 0 aromatic heterocycles. The van der Waals surface area contributed by atoms with Gasteiger partial charge in [-0.05, 0) is 37.0 Å². The fourth-order valence-electron chi connectivity index (χ4n) is 6.97. The molecule has 0 spiro atoms. The number of alkyl halides is 3. The van der Waals surface area contributed by atoms with E-state index in [2.05, 4.69) is 15.9 Å². The average molecular weight is 679 g/mol. The van der Waals surface area contributed by atoms with Gasteiger partial charge < -0.3 is 9.84 Å². The Balaban J connectivity index is 1.49. The van der Waals surface area contributed by atoms with E-state index in [4.69, 9.17) is 27.9 Å². The van der Waals surface area contributed by atoms with Crippen molar-refractivity contribution in [3.63, 3.8) is 0 Å². The highest BCUT2D eigenvalue weighted by Crippen LogP contribution is 2.66. The normalized spacial score (nSPS) is 32.0. The number of carbonyl (C=O) groups excluding carboxylic acids is 4. The first kappa shape index (κ1) is 28.6. The zero-order valence-electron chi connectivity index (χ0n) is 21.8. The van der Waals surface area contributed by atoms with E-state index < -0.39 is 62.0 Å². The van der Waals surface area contributed by atoms with Gasteiger partial charge in [-0.2, -0.15) is 0 Å². The predicted molar refractivity (Wildman–Crippen MR) is 154 cm³/mol. The lowest BCUT2D eigenvalue weighted by molar-refractivity contribution is -0.384. The van der Waals surface area contributed by atoms with Crippen LogP contribution < -0.4 is 9.64 Å². The SMILES string of the molecule is COc1ccc(C2C3=CCC4C(=O)N(c5ccc([N+](=O)[O-])cc5)C(=O)C4C3CC3(Cl)C(=O)N(CBr)C(=O)C23Cl)c(O)c1. The molecule has 4 amide bonds. The Hall–Kier alpha value is -3.48. The van der Waals surface area contributed by atoms with Crippen molar-refractivity contribution in [2.45, 2.75) is 28.5 Å². The number of likely N-dealkylation sites (tertiary alicyclic amines) is 1. The van der Waals surface area contributed by atoms with Gasteiger partial charge in [-0.15, -0.1) is 23.2 Å². The standard InChI is InChI=1S/C28H22BrCl2N3O8/c1-42-15-6-7-17(20(35)10-15)22-16-8-9-18-21(19(16)11-27(30)25(38)32(12-29)26(39)28(22,27)31)24(37)33(23(18)36)13-2-4-14(5-3-13)34(40)41/h2-8,10,18-19,21-22,35H,9,11-12H2,1H3. The highest BCUT2D eigenvalue weighted by Gasteiger charge is 2.76. The van der Waals surface area contributed by atoms with E-state index in [9.17, 15) is 34.4 Å². The van der Waals surface area contributed by atoms with Crippen molar-refractivity contribution in [3.05, 3.63) is 69.8 Å². The average Bonchev–Trinajstić information content (AvgIpc) is 3.31. The van der Waals surface area contributed by atoms with E-state index in [0.29, 0.717) is 11.3 Å². The number of non-ortho nitro benzene ring substituents is 1. The largest absolute Gasteiger partial charge is 0.508 e. The maximum atomic E-state index is 14.0. The van der Waals surface area contributed by atoms with Crippen molar-refractivity contribution < 1.29 is 33.9 Å². The Morgan fingerprint density at radius 3 is 2.36 bits per heavy atom. The smallest absolute Gasteiger partial charge is 0.269 e. The number of halogens is 3. The van der Waals surface area contributed by atoms with E-state index in [1.807, 2.05) is 0 Å². The van der Waals surface area contributed by atoms with Crippen LogP contribution in [0.15, 0.2) is 54.1 Å². The molecule has 3 fully saturated rings. The number of hydrogen-bond acceptors (Lipinski definition) is 8. The highest BCUT2D eigenvalue weighted by atomic mass is 79.9. The molecule has 6 rings (SSSR count). The van der Waals surface area contributed by atoms with Gasteiger partial charge in [0.15, 0.2) is 9.75 Å². The molecule has 1 saturated carbocycles. The van der Waals surface area contributed by atoms with Crippen LogP contribution in [0.4, 0.5) is 11.4 Å². The van der Waals surface area contributed by atoms with Crippen LogP contribution in [0.1, 0.15) is 24.3 Å². The number of imide groups is 2. The second-order valence-electron chi connectivity index (χ2n) is 10.7. The van der Waals surface area contributed by atoms with Crippen LogP contribution in [0.25, 0.3) is 0 Å². The summed E-state index contributed by atoms with van der Waals surface area (Å²) in [4.78, 5) is 63.5. The number of phenolic OH excluding ortho intramolecular Hbond substituents is 1. The Labute approximate surface area is 257 Å². The number of nitro benzene ring substituents is 1. The number of nitrogens with zero attached hydrogens (tertiary/aromatic N) is 3. The number of anilines is 1. The van der Waals surface area contributed by atoms with E-state index >= 15 is 0 Å². The number of amides is 4. The molecule has 2 saturated heterocycles. The number of carbonyl (C=O) groups is 4. The van der Waals surface area contributed by atoms with Crippen LogP contribution in [0.3, 0.4) is 0 Å². The molecule has 2 aromatic carbocycles. The number of ether oxygens (including phenoxy) is 1. The molecular formula is C28H22BrCl2N3O8. The van der Waals surface area contributed by atoms with Crippen molar-refractivity contribution in [1.29, 1.82) is 0 Å². The maximum absolute atomic E-state index is 14.0. The fraction of sp³-hybridized carbons (Fsp3) is 0.357. The molecule has 6 unspecified atom stereocenters. The minimum atomic E-state index is -2.05. The summed E-state index contributed by atoms with van der Waals surface area (Å²) in [6, 6.07) is 9.54. The van der Waals surface area contributed by atoms with Gasteiger partial charge in [0.25, 0.3) is 17.5 Å². The third-order valence-corrected chi connectivity index (χ3v) is 10.8. The molecule has 1 N–H and O–H groups in total. The third-order valence-electron chi connectivity index (χ3n) is 8.88. The summed E-state index contributed by atoms with van der Waals surface area (Å²) in [6.45, 7) is 0. The molecule has 42 heavy (non-hydrogen) atoms. The minimum absolute atomic E-state index is 0.129. The number of phenols is 1. The van der Waals surface area contributed by atoms with Crippen molar-refractivity contribution in [1.82, 2.24) is 4.90 Å². The first-order chi connectivity index (χ1) is 19.9. The van der Waals surface area contributed by atoms with Crippen LogP contribution >= 0.6 is 39.1 Å². The summed E-state index contributed by atoms with van der Waals surface area (Å²) in [5, 5.41) is 22.2. The van der Waals surface area contributed by atoms with Crippen LogP contribution in [-0.4, -0.2) is 60.9 Å². The van der Waals surface area contributed by atoms with Gasteiger partial charge in [-0.1, -0.05) is 33.6 Å². The van der Waals surface area contributed by atoms with Crippen molar-refractivity contribution in [2.24, 2.45) is 17.8 Å². The molecular weight excluding hydrogens is 657 g/mol. The Bertz CT molecular complexity index is 1620. The molecule has 14 heteroatoms. The predicted octanol–water partition coefficient (Wildman–Crippen LogP) is 4.22. The first-order valence-corrected chi connectivity index (χ1v) is 14.8. The number of nitro groups is 1. The molecule has 11 nitrogen and oxygen atoms in total. The minimum Gasteiger partial charge on any atom is -0.508 e. The number of rotatable bonds is 5. The maximum Gasteiger partial charge on any atom is 0.269 e. The molecule has 2 aliphatic carbocycles. The van der Waals surface area contributed by atoms with Crippen LogP contribution in [-0.2, 0) is 19.2 Å². The lowest BCUT2D eigenvalue weighted by Gasteiger charge is -2.50. The Morgan fingerprint density at radius 2 is 1.76 bits per heavy atom. The highest BCUT2D eigenvalue weighted by molar-refractivity contribution is 9.09.